The van der Waals surface area contributed by atoms with Crippen molar-refractivity contribution in [1.82, 2.24) is 4.90 Å². The van der Waals surface area contributed by atoms with Crippen LogP contribution in [0.5, 0.6) is 0 Å². The quantitative estimate of drug-likeness (QED) is 0.787. The molecular weight excluding hydrogens is 259 g/mol. The summed E-state index contributed by atoms with van der Waals surface area (Å²) >= 11 is 0. The highest BCUT2D eigenvalue weighted by molar-refractivity contribution is 5.79. The minimum Gasteiger partial charge on any atom is -0.396 e. The van der Waals surface area contributed by atoms with Crippen molar-refractivity contribution in [3.63, 3.8) is 0 Å². The van der Waals surface area contributed by atoms with Crippen molar-refractivity contribution in [2.24, 2.45) is 11.8 Å². The van der Waals surface area contributed by atoms with Gasteiger partial charge in [0.1, 0.15) is 0 Å². The summed E-state index contributed by atoms with van der Waals surface area (Å²) in [5.41, 5.74) is 0. The van der Waals surface area contributed by atoms with E-state index in [1.165, 1.54) is 4.90 Å². The van der Waals surface area contributed by atoms with E-state index in [0.29, 0.717) is 38.6 Å². The van der Waals surface area contributed by atoms with Gasteiger partial charge in [0.2, 0.25) is 5.91 Å². The van der Waals surface area contributed by atoms with Crippen molar-refractivity contribution in [2.45, 2.75) is 44.7 Å². The van der Waals surface area contributed by atoms with Crippen molar-refractivity contribution in [1.29, 1.82) is 0 Å². The topological polar surface area (TPSA) is 40.5 Å². The predicted octanol–water partition coefficient (Wildman–Crippen LogP) is 2.59. The zero-order valence-electron chi connectivity index (χ0n) is 11.2. The monoisotopic (exact) mass is 281 g/mol. The summed E-state index contributed by atoms with van der Waals surface area (Å²) in [4.78, 5) is 13.5. The van der Waals surface area contributed by atoms with Crippen LogP contribution >= 0.6 is 0 Å². The second-order valence-electron chi connectivity index (χ2n) is 5.23. The average Bonchev–Trinajstić information content (AvgIpc) is 2.37. The van der Waals surface area contributed by atoms with Crippen LogP contribution in [-0.4, -0.2) is 42.3 Å². The van der Waals surface area contributed by atoms with Crippen molar-refractivity contribution in [3.05, 3.63) is 0 Å². The molecular formula is C13H22F3NO2. The molecule has 2 atom stereocenters. The Hall–Kier alpha value is -0.780. The van der Waals surface area contributed by atoms with Gasteiger partial charge in [-0.1, -0.05) is 12.8 Å². The number of alkyl halides is 3. The zero-order chi connectivity index (χ0) is 14.5. The van der Waals surface area contributed by atoms with Crippen LogP contribution in [0.4, 0.5) is 13.2 Å². The highest BCUT2D eigenvalue weighted by Crippen LogP contribution is 2.42. The predicted molar refractivity (Wildman–Crippen MR) is 65.5 cm³/mol. The number of amides is 1. The number of halogens is 3. The lowest BCUT2D eigenvalue weighted by Crippen LogP contribution is -2.43. The van der Waals surface area contributed by atoms with Crippen LogP contribution in [-0.2, 0) is 4.79 Å². The van der Waals surface area contributed by atoms with Gasteiger partial charge >= 0.3 is 6.18 Å². The first-order valence-electron chi connectivity index (χ1n) is 6.80. The van der Waals surface area contributed by atoms with Gasteiger partial charge in [-0.2, -0.15) is 13.2 Å². The molecule has 1 fully saturated rings. The molecule has 0 aromatic rings. The fraction of sp³-hybridized carbons (Fsp3) is 0.923. The van der Waals surface area contributed by atoms with Gasteiger partial charge in [0.15, 0.2) is 0 Å². The highest BCUT2D eigenvalue weighted by atomic mass is 19.4. The third-order valence-corrected chi connectivity index (χ3v) is 3.78. The van der Waals surface area contributed by atoms with E-state index in [2.05, 4.69) is 0 Å². The van der Waals surface area contributed by atoms with E-state index >= 15 is 0 Å². The normalized spacial score (nSPS) is 24.3. The molecule has 19 heavy (non-hydrogen) atoms. The lowest BCUT2D eigenvalue weighted by molar-refractivity contribution is -0.200. The van der Waals surface area contributed by atoms with Crippen LogP contribution in [0, 0.1) is 11.8 Å². The summed E-state index contributed by atoms with van der Waals surface area (Å²) in [6, 6.07) is 0. The Morgan fingerprint density at radius 1 is 1.26 bits per heavy atom. The molecule has 0 aliphatic heterocycles. The Kier molecular flexibility index (Phi) is 6.10. The Morgan fingerprint density at radius 3 is 2.47 bits per heavy atom. The minimum absolute atomic E-state index is 0.0383. The molecule has 0 aromatic carbocycles. The number of rotatable bonds is 5. The van der Waals surface area contributed by atoms with Gasteiger partial charge in [-0.15, -0.1) is 0 Å². The highest BCUT2D eigenvalue weighted by Gasteiger charge is 2.48. The number of hydrogen-bond donors (Lipinski definition) is 1. The van der Waals surface area contributed by atoms with Crippen LogP contribution in [0.15, 0.2) is 0 Å². The molecule has 1 saturated carbocycles. The van der Waals surface area contributed by atoms with E-state index in [-0.39, 0.29) is 13.0 Å². The van der Waals surface area contributed by atoms with Gasteiger partial charge in [-0.25, -0.2) is 0 Å². The molecule has 3 nitrogen and oxygen atoms in total. The fourth-order valence-electron chi connectivity index (χ4n) is 2.67. The number of nitrogens with zero attached hydrogens (tertiary/aromatic N) is 1. The Labute approximate surface area is 111 Å². The third-order valence-electron chi connectivity index (χ3n) is 3.78. The molecule has 1 aliphatic rings. The van der Waals surface area contributed by atoms with Crippen molar-refractivity contribution in [3.8, 4) is 0 Å². The number of carbonyl (C=O) groups is 1. The van der Waals surface area contributed by atoms with Crippen LogP contribution in [0.3, 0.4) is 0 Å². The molecule has 0 unspecified atom stereocenters. The van der Waals surface area contributed by atoms with E-state index in [0.717, 1.165) is 0 Å². The lowest BCUT2D eigenvalue weighted by Gasteiger charge is -2.34. The molecule has 1 rings (SSSR count). The number of aliphatic hydroxyl groups excluding tert-OH is 1. The van der Waals surface area contributed by atoms with Gasteiger partial charge in [-0.3, -0.25) is 4.79 Å². The molecule has 0 aromatic heterocycles. The summed E-state index contributed by atoms with van der Waals surface area (Å²) in [6.45, 7) is 0.442. The second kappa shape index (κ2) is 7.12. The van der Waals surface area contributed by atoms with Crippen LogP contribution < -0.4 is 0 Å². The largest absolute Gasteiger partial charge is 0.396 e. The van der Waals surface area contributed by atoms with Crippen molar-refractivity contribution >= 4 is 5.91 Å². The maximum absolute atomic E-state index is 12.9. The number of hydrogen-bond acceptors (Lipinski definition) is 2. The molecule has 0 bridgehead atoms. The first-order valence-corrected chi connectivity index (χ1v) is 6.80. The van der Waals surface area contributed by atoms with Gasteiger partial charge in [0.05, 0.1) is 5.92 Å². The van der Waals surface area contributed by atoms with Gasteiger partial charge < -0.3 is 10.0 Å². The summed E-state index contributed by atoms with van der Waals surface area (Å²) < 4.78 is 38.8. The lowest BCUT2D eigenvalue weighted by atomic mass is 9.78. The zero-order valence-corrected chi connectivity index (χ0v) is 11.2. The van der Waals surface area contributed by atoms with E-state index < -0.39 is 23.9 Å². The molecule has 6 heteroatoms. The summed E-state index contributed by atoms with van der Waals surface area (Å²) in [6.07, 6.45) is -1.49. The first-order chi connectivity index (χ1) is 8.88. The van der Waals surface area contributed by atoms with Crippen LogP contribution in [0.2, 0.25) is 0 Å². The van der Waals surface area contributed by atoms with E-state index in [4.69, 9.17) is 5.11 Å². The summed E-state index contributed by atoms with van der Waals surface area (Å²) in [5.74, 6) is -2.82. The fourth-order valence-corrected chi connectivity index (χ4v) is 2.67. The standard InChI is InChI=1S/C13H22F3NO2/c1-17(8-4-5-9-18)12(19)10-6-2-3-7-11(10)13(14,15)16/h10-11,18H,2-9H2,1H3/t10-,11-/m0/s1. The molecule has 0 spiro atoms. The second-order valence-corrected chi connectivity index (χ2v) is 5.23. The maximum atomic E-state index is 12.9. The molecule has 1 amide bonds. The first kappa shape index (κ1) is 16.3. The molecule has 0 heterocycles. The Bertz CT molecular complexity index is 294. The SMILES string of the molecule is CN(CCCCO)C(=O)[C@H]1CCCC[C@@H]1C(F)(F)F. The van der Waals surface area contributed by atoms with Crippen molar-refractivity contribution < 1.29 is 23.1 Å². The van der Waals surface area contributed by atoms with Crippen molar-refractivity contribution in [2.75, 3.05) is 20.2 Å². The number of unbranched alkanes of at least 4 members (excludes halogenated alkanes) is 1. The van der Waals surface area contributed by atoms with E-state index in [9.17, 15) is 18.0 Å². The molecule has 1 aliphatic carbocycles. The third kappa shape index (κ3) is 4.67. The van der Waals surface area contributed by atoms with E-state index in [1.807, 2.05) is 0 Å². The molecule has 0 saturated heterocycles. The van der Waals surface area contributed by atoms with Gasteiger partial charge in [0.25, 0.3) is 0 Å². The molecule has 0 radical (unpaired) electrons. The molecule has 112 valence electrons. The number of aliphatic hydroxyl groups is 1. The van der Waals surface area contributed by atoms with E-state index in [1.54, 1.807) is 7.05 Å². The van der Waals surface area contributed by atoms with Gasteiger partial charge in [-0.05, 0) is 25.7 Å². The minimum atomic E-state index is -4.29. The number of carbonyl (C=O) groups excluding carboxylic acids is 1. The average molecular weight is 281 g/mol. The van der Waals surface area contributed by atoms with Gasteiger partial charge in [0, 0.05) is 26.1 Å². The smallest absolute Gasteiger partial charge is 0.392 e. The summed E-state index contributed by atoms with van der Waals surface area (Å²) in [7, 11) is 1.54. The van der Waals surface area contributed by atoms with Crippen LogP contribution in [0.1, 0.15) is 38.5 Å². The Morgan fingerprint density at radius 2 is 1.89 bits per heavy atom. The Balaban J connectivity index is 2.61. The summed E-state index contributed by atoms with van der Waals surface area (Å²) in [5, 5.41) is 8.66. The maximum Gasteiger partial charge on any atom is 0.392 e. The molecule has 1 N–H and O–H groups in total. The van der Waals surface area contributed by atoms with Crippen LogP contribution in [0.25, 0.3) is 0 Å².